The third-order valence-corrected chi connectivity index (χ3v) is 18.6. The first-order chi connectivity index (χ1) is 41.1. The topological polar surface area (TPSA) is 55.8 Å². The van der Waals surface area contributed by atoms with Crippen molar-refractivity contribution in [2.45, 2.75) is 45.4 Å². The van der Waals surface area contributed by atoms with E-state index in [1.165, 1.54) is 44.5 Å². The van der Waals surface area contributed by atoms with Gasteiger partial charge in [-0.2, -0.15) is 0 Å². The van der Waals surface area contributed by atoms with E-state index in [0.717, 1.165) is 138 Å². The van der Waals surface area contributed by atoms with Crippen LogP contribution >= 0.6 is 0 Å². The molecule has 11 aromatic carbocycles. The third kappa shape index (κ3) is 6.61. The van der Waals surface area contributed by atoms with E-state index in [0.29, 0.717) is 0 Å². The molecule has 2 aliphatic carbocycles. The molecule has 0 saturated carbocycles. The fourth-order valence-electron chi connectivity index (χ4n) is 14.7. The van der Waals surface area contributed by atoms with E-state index >= 15 is 0 Å². The number of hydrogen-bond acceptors (Lipinski definition) is 5. The van der Waals surface area contributed by atoms with Crippen molar-refractivity contribution < 1.29 is 17.7 Å². The quantitative estimate of drug-likeness (QED) is 0.159. The van der Waals surface area contributed by atoms with Gasteiger partial charge < -0.3 is 22.6 Å². The predicted molar refractivity (Wildman–Crippen MR) is 348 cm³/mol. The van der Waals surface area contributed by atoms with Crippen LogP contribution in [0, 0.1) is 0 Å². The highest BCUT2D eigenvalue weighted by atomic mass is 16.3. The van der Waals surface area contributed by atoms with Crippen molar-refractivity contribution in [2.24, 2.45) is 0 Å². The van der Waals surface area contributed by atoms with Crippen LogP contribution in [-0.4, -0.2) is 0 Å². The normalized spacial score (nSPS) is 14.4. The maximum atomic E-state index is 7.06. The minimum atomic E-state index is -0.440. The Balaban J connectivity index is 0.887. The highest BCUT2D eigenvalue weighted by Crippen LogP contribution is 2.59. The number of allylic oxidation sites excluding steroid dienone is 1. The average molecular weight is 1080 g/mol. The summed E-state index contributed by atoms with van der Waals surface area (Å²) < 4.78 is 27.1. The Morgan fingerprint density at radius 1 is 0.381 bits per heavy atom. The number of para-hydroxylation sites is 4. The van der Waals surface area contributed by atoms with Gasteiger partial charge in [0.15, 0.2) is 0 Å². The molecule has 0 N–H and O–H groups in total. The number of fused-ring (bicyclic) bond motifs is 18. The highest BCUT2D eigenvalue weighted by molar-refractivity contribution is 6.22. The van der Waals surface area contributed by atoms with Crippen molar-refractivity contribution in [3.8, 4) is 55.6 Å². The van der Waals surface area contributed by atoms with Crippen LogP contribution in [0.5, 0.6) is 0 Å². The molecule has 2 aliphatic rings. The lowest BCUT2D eigenvalue weighted by atomic mass is 9.80. The Morgan fingerprint density at radius 2 is 0.845 bits per heavy atom. The Morgan fingerprint density at radius 3 is 1.40 bits per heavy atom. The predicted octanol–water partition coefficient (Wildman–Crippen LogP) is 21.0. The lowest BCUT2D eigenvalue weighted by molar-refractivity contribution is 0.575. The van der Waals surface area contributed by atoms with Crippen molar-refractivity contribution in [2.75, 3.05) is 4.90 Å². The first-order valence-corrected chi connectivity index (χ1v) is 29.0. The van der Waals surface area contributed by atoms with Crippen LogP contribution in [0.25, 0.3) is 145 Å². The second-order valence-electron chi connectivity index (χ2n) is 23.8. The first kappa shape index (κ1) is 48.4. The minimum Gasteiger partial charge on any atom is -0.456 e. The molecule has 4 heterocycles. The lowest BCUT2D eigenvalue weighted by Crippen LogP contribution is -2.20. The van der Waals surface area contributed by atoms with E-state index in [2.05, 4.69) is 258 Å². The van der Waals surface area contributed by atoms with Gasteiger partial charge in [0, 0.05) is 81.8 Å². The Bertz CT molecular complexity index is 5480. The van der Waals surface area contributed by atoms with Crippen molar-refractivity contribution in [3.63, 3.8) is 0 Å². The van der Waals surface area contributed by atoms with Crippen LogP contribution < -0.4 is 15.5 Å². The summed E-state index contributed by atoms with van der Waals surface area (Å²) in [6.07, 6.45) is 6.06. The van der Waals surface area contributed by atoms with Crippen molar-refractivity contribution in [1.29, 1.82) is 0 Å². The van der Waals surface area contributed by atoms with Crippen molar-refractivity contribution in [1.82, 2.24) is 0 Å². The maximum Gasteiger partial charge on any atom is 0.143 e. The molecule has 0 saturated heterocycles. The molecule has 0 atom stereocenters. The number of anilines is 3. The standard InChI is InChI=1S/C79H55NO4/c1-7-22-53-64(8-2)83-76-57(49-29-20-35-68-70(49)54-26-13-17-32-65(54)81-68)43-61-72(74(53)76)51-39-37-46(41-59(51)78(61,3)4)80(63-31-16-12-25-48(63)45-23-10-9-11-24-45)47-38-40-52-60(42-47)79(5,6)62-44-58(77-75(73(52)62)56-28-15-19-34-67(56)84-77)50-30-21-36-69-71(50)55-27-14-18-33-66(55)82-69/h7-44H,1H2,2-6H3/b53-22+,64-8+. The van der Waals surface area contributed by atoms with Gasteiger partial charge in [-0.05, 0) is 147 Å². The fourth-order valence-corrected chi connectivity index (χ4v) is 14.7. The van der Waals surface area contributed by atoms with Gasteiger partial charge >= 0.3 is 0 Å². The summed E-state index contributed by atoms with van der Waals surface area (Å²) in [4.78, 5) is 2.49. The van der Waals surface area contributed by atoms with Gasteiger partial charge in [0.05, 0.1) is 5.69 Å². The van der Waals surface area contributed by atoms with Crippen LogP contribution in [0.1, 0.15) is 56.9 Å². The second-order valence-corrected chi connectivity index (χ2v) is 23.8. The van der Waals surface area contributed by atoms with Crippen LogP contribution in [0.4, 0.5) is 17.1 Å². The molecule has 0 unspecified atom stereocenters. The Kier molecular flexibility index (Phi) is 10.1. The largest absolute Gasteiger partial charge is 0.456 e. The molecule has 0 amide bonds. The molecule has 0 spiro atoms. The van der Waals surface area contributed by atoms with Gasteiger partial charge in [0.1, 0.15) is 44.5 Å². The summed E-state index contributed by atoms with van der Waals surface area (Å²) in [5.74, 6) is 0. The van der Waals surface area contributed by atoms with E-state index in [1.807, 2.05) is 18.2 Å². The number of hydrogen-bond donors (Lipinski definition) is 0. The van der Waals surface area contributed by atoms with Gasteiger partial charge in [0.2, 0.25) is 0 Å². The third-order valence-electron chi connectivity index (χ3n) is 18.6. The second kappa shape index (κ2) is 17.6. The van der Waals surface area contributed by atoms with Crippen molar-refractivity contribution >= 4 is 106 Å². The van der Waals surface area contributed by atoms with E-state index in [1.54, 1.807) is 0 Å². The molecule has 17 rings (SSSR count). The van der Waals surface area contributed by atoms with E-state index in [-0.39, 0.29) is 0 Å². The lowest BCUT2D eigenvalue weighted by Gasteiger charge is -2.31. The molecule has 84 heavy (non-hydrogen) atoms. The summed E-state index contributed by atoms with van der Waals surface area (Å²) in [7, 11) is 0. The summed E-state index contributed by atoms with van der Waals surface area (Å²) in [6.45, 7) is 15.8. The van der Waals surface area contributed by atoms with Gasteiger partial charge in [-0.15, -0.1) is 0 Å². The number of nitrogens with zero attached hydrogens (tertiary/aromatic N) is 1. The summed E-state index contributed by atoms with van der Waals surface area (Å²) in [6, 6.07) is 76.7. The van der Waals surface area contributed by atoms with Gasteiger partial charge in [-0.3, -0.25) is 0 Å². The Labute approximate surface area is 484 Å². The molecule has 4 aromatic heterocycles. The molecule has 5 heteroatoms. The average Bonchev–Trinajstić information content (AvgIpc) is 2.13. The molecule has 400 valence electrons. The minimum absolute atomic E-state index is 0.420. The molecule has 0 fully saturated rings. The van der Waals surface area contributed by atoms with Gasteiger partial charge in [-0.25, -0.2) is 0 Å². The van der Waals surface area contributed by atoms with Crippen LogP contribution in [0.2, 0.25) is 0 Å². The van der Waals surface area contributed by atoms with E-state index in [4.69, 9.17) is 17.7 Å². The van der Waals surface area contributed by atoms with Crippen LogP contribution in [0.3, 0.4) is 0 Å². The van der Waals surface area contributed by atoms with E-state index in [9.17, 15) is 0 Å². The zero-order valence-corrected chi connectivity index (χ0v) is 47.2. The maximum absolute atomic E-state index is 7.06. The summed E-state index contributed by atoms with van der Waals surface area (Å²) in [5.41, 5.74) is 25.6. The zero-order valence-electron chi connectivity index (χ0n) is 47.2. The molecule has 5 nitrogen and oxygen atoms in total. The van der Waals surface area contributed by atoms with Crippen molar-refractivity contribution in [3.05, 3.63) is 258 Å². The number of benzene rings is 11. The van der Waals surface area contributed by atoms with Crippen LogP contribution in [-0.2, 0) is 10.8 Å². The zero-order chi connectivity index (χ0) is 56.3. The SMILES string of the molecule is C=C/C=c1\c(=C/C)oc2c(-c3cccc4oc5ccccc5c34)cc3c(c12)-c1ccc(N(c2ccc4c(c2)C(C)(C)c2cc(-c5cccc6oc7ccccc7c56)c5oc6ccccc6c5c2-4)c2ccccc2-c2ccccc2)cc1C3(C)C. The highest BCUT2D eigenvalue weighted by Gasteiger charge is 2.42. The smallest absolute Gasteiger partial charge is 0.143 e. The molecular weight excluding hydrogens is 1030 g/mol. The molecule has 0 bridgehead atoms. The summed E-state index contributed by atoms with van der Waals surface area (Å²) in [5, 5.41) is 8.69. The monoisotopic (exact) mass is 1080 g/mol. The number of furan rings is 4. The fraction of sp³-hybridized carbons (Fsp3) is 0.0886. The van der Waals surface area contributed by atoms with Gasteiger partial charge in [-0.1, -0.05) is 186 Å². The number of rotatable bonds is 7. The molecular formula is C79H55NO4. The van der Waals surface area contributed by atoms with Gasteiger partial charge in [0.25, 0.3) is 0 Å². The molecule has 15 aromatic rings. The molecule has 0 aliphatic heterocycles. The first-order valence-electron chi connectivity index (χ1n) is 29.0. The molecule has 0 radical (unpaired) electrons. The van der Waals surface area contributed by atoms with E-state index < -0.39 is 10.8 Å². The summed E-state index contributed by atoms with van der Waals surface area (Å²) >= 11 is 0. The van der Waals surface area contributed by atoms with Crippen LogP contribution in [0.15, 0.2) is 243 Å². The Hall–Kier alpha value is -10.4.